The Balaban J connectivity index is 1.77. The van der Waals surface area contributed by atoms with Gasteiger partial charge in [-0.05, 0) is 29.3 Å². The van der Waals surface area contributed by atoms with Crippen molar-refractivity contribution in [2.24, 2.45) is 0 Å². The van der Waals surface area contributed by atoms with E-state index in [9.17, 15) is 22.8 Å². The summed E-state index contributed by atoms with van der Waals surface area (Å²) in [6.45, 7) is 1.42. The molecule has 0 bridgehead atoms. The molecule has 1 N–H and O–H groups in total. The number of carbonyl (C=O) groups is 2. The van der Waals surface area contributed by atoms with Gasteiger partial charge in [0, 0.05) is 18.0 Å². The topological polar surface area (TPSA) is 49.4 Å². The second-order valence-electron chi connectivity index (χ2n) is 6.54. The Morgan fingerprint density at radius 2 is 1.79 bits per heavy atom. The van der Waals surface area contributed by atoms with Gasteiger partial charge in [0.1, 0.15) is 0 Å². The van der Waals surface area contributed by atoms with Crippen LogP contribution in [0.2, 0.25) is 0 Å². The van der Waals surface area contributed by atoms with Gasteiger partial charge in [-0.1, -0.05) is 36.4 Å². The van der Waals surface area contributed by atoms with Crippen LogP contribution in [0.15, 0.2) is 59.6 Å². The number of nitrogens with one attached hydrogen (secondary N) is 1. The molecule has 1 heterocycles. The third-order valence-corrected chi connectivity index (χ3v) is 5.54. The maximum absolute atomic E-state index is 12.7. The molecule has 2 aromatic carbocycles. The maximum atomic E-state index is 12.7. The highest BCUT2D eigenvalue weighted by Gasteiger charge is 2.29. The third-order valence-electron chi connectivity index (χ3n) is 4.40. The standard InChI is InChI=1S/C21H19F3N2O2S/c1-14(27)26-11-10-15-6-2-3-7-16(15)18(26)12-20(28)25-17-8-4-5-9-19(17)29-13-21(22,23)24/h2-11,18H,12-13H2,1H3,(H,25,28)/t18-/m1/s1. The van der Waals surface area contributed by atoms with E-state index >= 15 is 0 Å². The number of benzene rings is 2. The molecular weight excluding hydrogens is 401 g/mol. The number of amides is 2. The van der Waals surface area contributed by atoms with Crippen molar-refractivity contribution in [2.75, 3.05) is 11.1 Å². The summed E-state index contributed by atoms with van der Waals surface area (Å²) in [6.07, 6.45) is -0.856. The monoisotopic (exact) mass is 420 g/mol. The van der Waals surface area contributed by atoms with Crippen molar-refractivity contribution >= 4 is 35.3 Å². The Morgan fingerprint density at radius 3 is 2.52 bits per heavy atom. The Morgan fingerprint density at radius 1 is 1.10 bits per heavy atom. The molecule has 4 nitrogen and oxygen atoms in total. The summed E-state index contributed by atoms with van der Waals surface area (Å²) in [5, 5.41) is 2.70. The van der Waals surface area contributed by atoms with Crippen LogP contribution in [0.5, 0.6) is 0 Å². The van der Waals surface area contributed by atoms with E-state index in [2.05, 4.69) is 5.32 Å². The van der Waals surface area contributed by atoms with Crippen LogP contribution in [0.4, 0.5) is 18.9 Å². The normalized spacial score (nSPS) is 15.7. The van der Waals surface area contributed by atoms with E-state index < -0.39 is 18.0 Å². The molecule has 3 rings (SSSR count). The third kappa shape index (κ3) is 5.41. The summed E-state index contributed by atoms with van der Waals surface area (Å²) in [4.78, 5) is 26.6. The highest BCUT2D eigenvalue weighted by molar-refractivity contribution is 7.99. The quantitative estimate of drug-likeness (QED) is 0.673. The van der Waals surface area contributed by atoms with E-state index in [4.69, 9.17) is 0 Å². The number of thioether (sulfide) groups is 1. The molecule has 1 aliphatic rings. The van der Waals surface area contributed by atoms with Crippen molar-refractivity contribution in [2.45, 2.75) is 30.5 Å². The summed E-state index contributed by atoms with van der Waals surface area (Å²) in [5.74, 6) is -1.63. The zero-order chi connectivity index (χ0) is 21.0. The van der Waals surface area contributed by atoms with E-state index in [0.29, 0.717) is 22.3 Å². The van der Waals surface area contributed by atoms with Crippen LogP contribution in [-0.4, -0.2) is 28.6 Å². The van der Waals surface area contributed by atoms with Gasteiger partial charge in [-0.25, -0.2) is 0 Å². The molecule has 8 heteroatoms. The molecule has 0 spiro atoms. The zero-order valence-electron chi connectivity index (χ0n) is 15.6. The average Bonchev–Trinajstić information content (AvgIpc) is 2.66. The molecule has 0 unspecified atom stereocenters. The van der Waals surface area contributed by atoms with Crippen molar-refractivity contribution in [1.29, 1.82) is 0 Å². The van der Waals surface area contributed by atoms with Gasteiger partial charge in [0.25, 0.3) is 0 Å². The van der Waals surface area contributed by atoms with Crippen molar-refractivity contribution in [3.05, 3.63) is 65.9 Å². The van der Waals surface area contributed by atoms with Gasteiger partial charge in [0.05, 0.1) is 23.9 Å². The van der Waals surface area contributed by atoms with Crippen molar-refractivity contribution in [3.63, 3.8) is 0 Å². The maximum Gasteiger partial charge on any atom is 0.398 e. The van der Waals surface area contributed by atoms with Crippen LogP contribution in [0, 0.1) is 0 Å². The first-order valence-corrected chi connectivity index (χ1v) is 9.87. The number of nitrogens with zero attached hydrogens (tertiary/aromatic N) is 1. The second kappa shape index (κ2) is 8.73. The lowest BCUT2D eigenvalue weighted by Crippen LogP contribution is -2.33. The summed E-state index contributed by atoms with van der Waals surface area (Å²) < 4.78 is 37.7. The van der Waals surface area contributed by atoms with Crippen LogP contribution < -0.4 is 5.32 Å². The number of para-hydroxylation sites is 1. The van der Waals surface area contributed by atoms with Crippen LogP contribution in [-0.2, 0) is 9.59 Å². The van der Waals surface area contributed by atoms with Crippen molar-refractivity contribution in [3.8, 4) is 0 Å². The number of anilines is 1. The molecule has 0 saturated carbocycles. The fourth-order valence-corrected chi connectivity index (χ4v) is 3.91. The van der Waals surface area contributed by atoms with Crippen LogP contribution >= 0.6 is 11.8 Å². The lowest BCUT2D eigenvalue weighted by Gasteiger charge is -2.32. The summed E-state index contributed by atoms with van der Waals surface area (Å²) >= 11 is 0.621. The van der Waals surface area contributed by atoms with E-state index in [1.807, 2.05) is 30.3 Å². The minimum absolute atomic E-state index is 0.0147. The first-order chi connectivity index (χ1) is 13.7. The molecule has 1 aliphatic heterocycles. The molecule has 1 atom stereocenters. The predicted molar refractivity (Wildman–Crippen MR) is 107 cm³/mol. The number of rotatable bonds is 5. The van der Waals surface area contributed by atoms with Gasteiger partial charge >= 0.3 is 6.18 Å². The molecule has 0 radical (unpaired) electrons. The largest absolute Gasteiger partial charge is 0.398 e. The summed E-state index contributed by atoms with van der Waals surface area (Å²) in [7, 11) is 0. The minimum atomic E-state index is -4.30. The lowest BCUT2D eigenvalue weighted by molar-refractivity contribution is -0.129. The molecule has 152 valence electrons. The lowest BCUT2D eigenvalue weighted by atomic mass is 9.93. The highest BCUT2D eigenvalue weighted by Crippen LogP contribution is 2.35. The Kier molecular flexibility index (Phi) is 6.32. The number of hydrogen-bond acceptors (Lipinski definition) is 3. The number of fused-ring (bicyclic) bond motifs is 1. The highest BCUT2D eigenvalue weighted by atomic mass is 32.2. The molecular formula is C21H19F3N2O2S. The molecule has 0 aliphatic carbocycles. The molecule has 2 amide bonds. The molecule has 2 aromatic rings. The second-order valence-corrected chi connectivity index (χ2v) is 7.56. The van der Waals surface area contributed by atoms with Crippen molar-refractivity contribution in [1.82, 2.24) is 4.90 Å². The van der Waals surface area contributed by atoms with Gasteiger partial charge in [-0.3, -0.25) is 9.59 Å². The first kappa shape index (κ1) is 21.0. The average molecular weight is 420 g/mol. The molecule has 0 aromatic heterocycles. The number of alkyl halides is 3. The SMILES string of the molecule is CC(=O)N1C=Cc2ccccc2[C@H]1CC(=O)Nc1ccccc1SCC(F)(F)F. The van der Waals surface area contributed by atoms with Gasteiger partial charge < -0.3 is 10.2 Å². The Bertz CT molecular complexity index is 944. The van der Waals surface area contributed by atoms with E-state index in [1.165, 1.54) is 17.9 Å². The molecule has 0 fully saturated rings. The predicted octanol–water partition coefficient (Wildman–Crippen LogP) is 5.24. The Labute approximate surface area is 170 Å². The van der Waals surface area contributed by atoms with E-state index in [1.54, 1.807) is 24.4 Å². The zero-order valence-corrected chi connectivity index (χ0v) is 16.4. The smallest absolute Gasteiger partial charge is 0.325 e. The first-order valence-electron chi connectivity index (χ1n) is 8.89. The number of carbonyl (C=O) groups excluding carboxylic acids is 2. The molecule has 0 saturated heterocycles. The van der Waals surface area contributed by atoms with Crippen LogP contribution in [0.25, 0.3) is 6.08 Å². The van der Waals surface area contributed by atoms with Crippen LogP contribution in [0.1, 0.15) is 30.5 Å². The Hall–Kier alpha value is -2.74. The summed E-state index contributed by atoms with van der Waals surface area (Å²) in [5.41, 5.74) is 2.09. The van der Waals surface area contributed by atoms with Gasteiger partial charge in [0.15, 0.2) is 0 Å². The fourth-order valence-electron chi connectivity index (χ4n) is 3.15. The molecule has 29 heavy (non-hydrogen) atoms. The van der Waals surface area contributed by atoms with Gasteiger partial charge in [-0.15, -0.1) is 11.8 Å². The van der Waals surface area contributed by atoms with E-state index in [0.717, 1.165) is 11.1 Å². The number of hydrogen-bond donors (Lipinski definition) is 1. The van der Waals surface area contributed by atoms with E-state index in [-0.39, 0.29) is 18.2 Å². The number of halogens is 3. The minimum Gasteiger partial charge on any atom is -0.325 e. The van der Waals surface area contributed by atoms with Gasteiger partial charge in [0.2, 0.25) is 11.8 Å². The van der Waals surface area contributed by atoms with Gasteiger partial charge in [-0.2, -0.15) is 13.2 Å². The summed E-state index contributed by atoms with van der Waals surface area (Å²) in [6, 6.07) is 13.4. The van der Waals surface area contributed by atoms with Crippen molar-refractivity contribution < 1.29 is 22.8 Å². The van der Waals surface area contributed by atoms with Crippen LogP contribution in [0.3, 0.4) is 0 Å². The fraction of sp³-hybridized carbons (Fsp3) is 0.238.